The van der Waals surface area contributed by atoms with E-state index in [4.69, 9.17) is 21.7 Å². The van der Waals surface area contributed by atoms with Gasteiger partial charge in [0.25, 0.3) is 5.91 Å². The number of hydrogen-bond donors (Lipinski definition) is 2. The van der Waals surface area contributed by atoms with Crippen molar-refractivity contribution in [2.45, 2.75) is 12.8 Å². The van der Waals surface area contributed by atoms with E-state index in [9.17, 15) is 4.79 Å². The van der Waals surface area contributed by atoms with E-state index in [0.29, 0.717) is 16.6 Å². The van der Waals surface area contributed by atoms with Crippen LogP contribution in [0, 0.1) is 0 Å². The second-order valence-electron chi connectivity index (χ2n) is 5.43. The number of benzene rings is 1. The number of hydrogen-bond acceptors (Lipinski definition) is 5. The van der Waals surface area contributed by atoms with Gasteiger partial charge in [-0.2, -0.15) is 0 Å². The molecule has 0 aliphatic carbocycles. The maximum Gasteiger partial charge on any atom is 0.273 e. The van der Waals surface area contributed by atoms with Gasteiger partial charge in [-0.1, -0.05) is 0 Å². The third-order valence-corrected chi connectivity index (χ3v) is 4.20. The molecule has 0 bridgehead atoms. The molecule has 2 fully saturated rings. The number of rotatable bonds is 4. The van der Waals surface area contributed by atoms with Gasteiger partial charge in [0.1, 0.15) is 17.2 Å². The molecule has 6 nitrogen and oxygen atoms in total. The highest BCUT2D eigenvalue weighted by Gasteiger charge is 2.23. The minimum absolute atomic E-state index is 0.250. The molecule has 7 heteroatoms. The van der Waals surface area contributed by atoms with E-state index in [1.807, 2.05) is 12.1 Å². The van der Waals surface area contributed by atoms with Crippen molar-refractivity contribution < 1.29 is 14.3 Å². The summed E-state index contributed by atoms with van der Waals surface area (Å²) in [5.74, 6) is 1.20. The molecule has 1 amide bonds. The van der Waals surface area contributed by atoms with E-state index < -0.39 is 0 Å². The smallest absolute Gasteiger partial charge is 0.273 e. The Labute approximate surface area is 140 Å². The van der Waals surface area contributed by atoms with Crippen molar-refractivity contribution in [3.8, 4) is 11.5 Å². The van der Waals surface area contributed by atoms with Gasteiger partial charge < -0.3 is 19.7 Å². The lowest BCUT2D eigenvalue weighted by molar-refractivity contribution is -0.115. The van der Waals surface area contributed by atoms with Crippen LogP contribution in [0.2, 0.25) is 0 Å². The molecule has 0 saturated carbocycles. The molecule has 2 aliphatic heterocycles. The molecular formula is C16H19N3O3S. The summed E-state index contributed by atoms with van der Waals surface area (Å²) in [5, 5.41) is 5.68. The summed E-state index contributed by atoms with van der Waals surface area (Å²) in [7, 11) is 3.26. The van der Waals surface area contributed by atoms with Gasteiger partial charge in [0.05, 0.1) is 19.9 Å². The fourth-order valence-electron chi connectivity index (χ4n) is 2.86. The summed E-state index contributed by atoms with van der Waals surface area (Å²) in [6, 6.07) is 3.84. The predicted octanol–water partition coefficient (Wildman–Crippen LogP) is 1.65. The zero-order valence-corrected chi connectivity index (χ0v) is 14.0. The molecule has 23 heavy (non-hydrogen) atoms. The van der Waals surface area contributed by atoms with Crippen LogP contribution < -0.4 is 25.0 Å². The maximum absolute atomic E-state index is 11.8. The zero-order chi connectivity index (χ0) is 16.4. The first-order chi connectivity index (χ1) is 11.1. The van der Waals surface area contributed by atoms with Crippen molar-refractivity contribution in [2.75, 3.05) is 32.2 Å². The molecule has 1 aromatic rings. The van der Waals surface area contributed by atoms with Crippen molar-refractivity contribution in [1.29, 1.82) is 0 Å². The number of amides is 1. The number of methoxy groups -OCH3 is 2. The predicted molar refractivity (Wildman–Crippen MR) is 92.8 cm³/mol. The van der Waals surface area contributed by atoms with Crippen LogP contribution in [-0.4, -0.2) is 38.3 Å². The summed E-state index contributed by atoms with van der Waals surface area (Å²) in [6.45, 7) is 2.02. The average Bonchev–Trinajstić information content (AvgIpc) is 3.17. The number of thiocarbonyl (C=S) groups is 1. The highest BCUT2D eigenvalue weighted by Crippen LogP contribution is 2.37. The maximum atomic E-state index is 11.8. The average molecular weight is 333 g/mol. The Bertz CT molecular complexity index is 681. The van der Waals surface area contributed by atoms with Crippen LogP contribution in [0.1, 0.15) is 18.4 Å². The highest BCUT2D eigenvalue weighted by molar-refractivity contribution is 7.80. The normalized spacial score (nSPS) is 19.0. The summed E-state index contributed by atoms with van der Waals surface area (Å²) in [4.78, 5) is 14.1. The molecule has 0 unspecified atom stereocenters. The van der Waals surface area contributed by atoms with E-state index in [1.54, 1.807) is 20.3 Å². The number of carbonyl (C=O) groups is 1. The molecule has 2 aliphatic rings. The van der Waals surface area contributed by atoms with Gasteiger partial charge in [-0.3, -0.25) is 10.1 Å². The molecule has 122 valence electrons. The van der Waals surface area contributed by atoms with Gasteiger partial charge in [-0.25, -0.2) is 0 Å². The number of nitrogens with one attached hydrogen (secondary N) is 2. The molecule has 2 heterocycles. The van der Waals surface area contributed by atoms with Crippen molar-refractivity contribution in [2.24, 2.45) is 0 Å². The van der Waals surface area contributed by atoms with Gasteiger partial charge in [-0.05, 0) is 37.2 Å². The van der Waals surface area contributed by atoms with E-state index in [1.165, 1.54) is 12.8 Å². The monoisotopic (exact) mass is 333 g/mol. The summed E-state index contributed by atoms with van der Waals surface area (Å²) in [5.41, 5.74) is 2.17. The Kier molecular flexibility index (Phi) is 4.38. The van der Waals surface area contributed by atoms with Crippen LogP contribution in [0.15, 0.2) is 17.8 Å². The van der Waals surface area contributed by atoms with E-state index in [-0.39, 0.29) is 5.91 Å². The second kappa shape index (κ2) is 6.45. The number of carbonyl (C=O) groups excluding carboxylic acids is 1. The molecule has 0 atom stereocenters. The van der Waals surface area contributed by atoms with E-state index in [2.05, 4.69) is 15.5 Å². The number of nitrogens with zero attached hydrogens (tertiary/aromatic N) is 1. The van der Waals surface area contributed by atoms with Gasteiger partial charge in [0, 0.05) is 24.7 Å². The van der Waals surface area contributed by atoms with Crippen LogP contribution in [-0.2, 0) is 4.79 Å². The summed E-state index contributed by atoms with van der Waals surface area (Å²) >= 11 is 4.95. The number of anilines is 1. The van der Waals surface area contributed by atoms with Crippen molar-refractivity contribution >= 4 is 35.0 Å². The van der Waals surface area contributed by atoms with E-state index in [0.717, 1.165) is 30.1 Å². The molecule has 0 radical (unpaired) electrons. The Morgan fingerprint density at radius 2 is 1.83 bits per heavy atom. The lowest BCUT2D eigenvalue weighted by Crippen LogP contribution is -2.21. The van der Waals surface area contributed by atoms with Crippen LogP contribution in [0.4, 0.5) is 5.69 Å². The molecule has 0 aromatic heterocycles. The largest absolute Gasteiger partial charge is 0.496 e. The quantitative estimate of drug-likeness (QED) is 0.645. The fraction of sp³-hybridized carbons (Fsp3) is 0.375. The molecular weight excluding hydrogens is 314 g/mol. The van der Waals surface area contributed by atoms with Crippen LogP contribution in [0.5, 0.6) is 11.5 Å². The first kappa shape index (κ1) is 15.6. The van der Waals surface area contributed by atoms with Gasteiger partial charge >= 0.3 is 0 Å². The second-order valence-corrected chi connectivity index (χ2v) is 5.83. The highest BCUT2D eigenvalue weighted by atomic mass is 32.1. The van der Waals surface area contributed by atoms with Crippen LogP contribution >= 0.6 is 12.2 Å². The third-order valence-electron chi connectivity index (χ3n) is 4.00. The van der Waals surface area contributed by atoms with Gasteiger partial charge in [0.15, 0.2) is 5.11 Å². The van der Waals surface area contributed by atoms with Crippen molar-refractivity contribution in [1.82, 2.24) is 10.6 Å². The molecule has 2 N–H and O–H groups in total. The molecule has 2 saturated heterocycles. The standard InChI is InChI=1S/C16H19N3O3S/c1-21-13-9-12(19-5-3-4-6-19)14(22-2)8-10(13)7-11-15(20)18-16(23)17-11/h7-9H,3-6H2,1-2H3,(H2,17,18,20,23). The summed E-state index contributed by atoms with van der Waals surface area (Å²) < 4.78 is 11.0. The number of ether oxygens (including phenoxy) is 2. The van der Waals surface area contributed by atoms with Crippen LogP contribution in [0.25, 0.3) is 6.08 Å². The first-order valence-electron chi connectivity index (χ1n) is 7.47. The Morgan fingerprint density at radius 3 is 2.39 bits per heavy atom. The molecule has 0 spiro atoms. The fourth-order valence-corrected chi connectivity index (χ4v) is 3.06. The Balaban J connectivity index is 2.01. The SMILES string of the molecule is COc1cc(N2CCCC2)c(OC)cc1C=C1NC(=S)NC1=O. The van der Waals surface area contributed by atoms with Gasteiger partial charge in [0.2, 0.25) is 0 Å². The molecule has 1 aromatic carbocycles. The molecule has 3 rings (SSSR count). The van der Waals surface area contributed by atoms with Crippen LogP contribution in [0.3, 0.4) is 0 Å². The van der Waals surface area contributed by atoms with E-state index >= 15 is 0 Å². The lowest BCUT2D eigenvalue weighted by atomic mass is 10.1. The minimum Gasteiger partial charge on any atom is -0.496 e. The first-order valence-corrected chi connectivity index (χ1v) is 7.88. The van der Waals surface area contributed by atoms with Crippen molar-refractivity contribution in [3.05, 3.63) is 23.4 Å². The van der Waals surface area contributed by atoms with Gasteiger partial charge in [-0.15, -0.1) is 0 Å². The zero-order valence-electron chi connectivity index (χ0n) is 13.1. The Morgan fingerprint density at radius 1 is 1.13 bits per heavy atom. The minimum atomic E-state index is -0.250. The summed E-state index contributed by atoms with van der Waals surface area (Å²) in [6.07, 6.45) is 4.07. The van der Waals surface area contributed by atoms with Crippen molar-refractivity contribution in [3.63, 3.8) is 0 Å². The topological polar surface area (TPSA) is 62.8 Å². The Hall–Kier alpha value is -2.28. The third kappa shape index (κ3) is 3.10. The lowest BCUT2D eigenvalue weighted by Gasteiger charge is -2.22.